The summed E-state index contributed by atoms with van der Waals surface area (Å²) in [5.41, 5.74) is 2.07. The maximum absolute atomic E-state index is 12.6. The molecule has 0 atom stereocenters. The predicted octanol–water partition coefficient (Wildman–Crippen LogP) is 4.37. The monoisotopic (exact) mass is 578 g/mol. The van der Waals surface area contributed by atoms with Crippen molar-refractivity contribution >= 4 is 46.8 Å². The molecule has 216 valence electrons. The molecule has 2 aromatic carbocycles. The van der Waals surface area contributed by atoms with Crippen LogP contribution in [0.25, 0.3) is 11.4 Å². The number of benzene rings is 2. The number of halogens is 1. The van der Waals surface area contributed by atoms with Crippen molar-refractivity contribution in [3.05, 3.63) is 53.6 Å². The average Bonchev–Trinajstić information content (AvgIpc) is 3.25. The molecule has 0 saturated carbocycles. The first-order chi connectivity index (χ1) is 19.9. The first-order valence-electron chi connectivity index (χ1n) is 13.9. The standard InChI is InChI=1S/C29H35ClN8O3/c1-20(2)26(39)36-12-3-13-37(15-14-36)27-33-25(34-28(35-27)38-16-18-41-19-17-38)21-4-8-23(9-5-21)31-29(40)32-24-10-6-22(30)7-11-24/h4-11,20H,3,12-19H2,1-2H3,(H2,31,32,40). The summed E-state index contributed by atoms with van der Waals surface area (Å²) in [4.78, 5) is 45.8. The van der Waals surface area contributed by atoms with Gasteiger partial charge < -0.3 is 30.1 Å². The van der Waals surface area contributed by atoms with Crippen molar-refractivity contribution in [3.63, 3.8) is 0 Å². The molecule has 0 aliphatic carbocycles. The molecule has 0 spiro atoms. The minimum absolute atomic E-state index is 0.0285. The molecule has 3 heterocycles. The zero-order valence-corrected chi connectivity index (χ0v) is 24.1. The van der Waals surface area contributed by atoms with Crippen LogP contribution < -0.4 is 20.4 Å². The normalized spacial score (nSPS) is 16.0. The summed E-state index contributed by atoms with van der Waals surface area (Å²) < 4.78 is 5.53. The van der Waals surface area contributed by atoms with Gasteiger partial charge in [-0.25, -0.2) is 4.79 Å². The van der Waals surface area contributed by atoms with Gasteiger partial charge in [0.15, 0.2) is 5.82 Å². The Bertz CT molecular complexity index is 1350. The molecule has 1 aromatic heterocycles. The number of amides is 3. The summed E-state index contributed by atoms with van der Waals surface area (Å²) in [7, 11) is 0. The van der Waals surface area contributed by atoms with Gasteiger partial charge in [-0.1, -0.05) is 25.4 Å². The van der Waals surface area contributed by atoms with E-state index in [1.807, 2.05) is 43.0 Å². The third-order valence-corrected chi connectivity index (χ3v) is 7.25. The Morgan fingerprint density at radius 2 is 1.37 bits per heavy atom. The number of ether oxygens (including phenoxy) is 1. The fourth-order valence-corrected chi connectivity index (χ4v) is 4.89. The highest BCUT2D eigenvalue weighted by Gasteiger charge is 2.24. The molecule has 0 radical (unpaired) electrons. The summed E-state index contributed by atoms with van der Waals surface area (Å²) in [6.45, 7) is 9.25. The molecule has 2 fully saturated rings. The van der Waals surface area contributed by atoms with Crippen molar-refractivity contribution < 1.29 is 14.3 Å². The highest BCUT2D eigenvalue weighted by molar-refractivity contribution is 6.30. The van der Waals surface area contributed by atoms with Crippen LogP contribution in [-0.4, -0.2) is 84.3 Å². The Kier molecular flexibility index (Phi) is 9.15. The first-order valence-corrected chi connectivity index (χ1v) is 14.3. The average molecular weight is 579 g/mol. The fourth-order valence-electron chi connectivity index (χ4n) is 4.76. The summed E-state index contributed by atoms with van der Waals surface area (Å²) in [5.74, 6) is 1.90. The molecule has 3 amide bonds. The Balaban J connectivity index is 1.34. The van der Waals surface area contributed by atoms with Gasteiger partial charge in [0, 0.05) is 67.1 Å². The van der Waals surface area contributed by atoms with Crippen LogP contribution in [0.1, 0.15) is 20.3 Å². The van der Waals surface area contributed by atoms with E-state index in [9.17, 15) is 9.59 Å². The van der Waals surface area contributed by atoms with Gasteiger partial charge in [-0.2, -0.15) is 15.0 Å². The molecule has 2 saturated heterocycles. The third-order valence-electron chi connectivity index (χ3n) is 6.99. The third kappa shape index (κ3) is 7.42. The largest absolute Gasteiger partial charge is 0.378 e. The second-order valence-electron chi connectivity index (χ2n) is 10.3. The van der Waals surface area contributed by atoms with E-state index >= 15 is 0 Å². The number of nitrogens with one attached hydrogen (secondary N) is 2. The molecule has 0 bridgehead atoms. The van der Waals surface area contributed by atoms with Crippen molar-refractivity contribution in [1.29, 1.82) is 0 Å². The molecular weight excluding hydrogens is 544 g/mol. The van der Waals surface area contributed by atoms with Crippen LogP contribution >= 0.6 is 11.6 Å². The second-order valence-corrected chi connectivity index (χ2v) is 10.8. The molecule has 3 aromatic rings. The minimum Gasteiger partial charge on any atom is -0.378 e. The van der Waals surface area contributed by atoms with Crippen molar-refractivity contribution in [2.45, 2.75) is 20.3 Å². The Morgan fingerprint density at radius 1 is 0.780 bits per heavy atom. The number of anilines is 4. The van der Waals surface area contributed by atoms with Gasteiger partial charge in [-0.15, -0.1) is 0 Å². The summed E-state index contributed by atoms with van der Waals surface area (Å²) >= 11 is 5.92. The molecule has 5 rings (SSSR count). The van der Waals surface area contributed by atoms with Crippen LogP contribution in [-0.2, 0) is 9.53 Å². The Hall–Kier alpha value is -3.96. The van der Waals surface area contributed by atoms with Crippen LogP contribution in [0.3, 0.4) is 0 Å². The summed E-state index contributed by atoms with van der Waals surface area (Å²) in [6.07, 6.45) is 0.838. The van der Waals surface area contributed by atoms with E-state index in [0.29, 0.717) is 73.5 Å². The lowest BCUT2D eigenvalue weighted by Crippen LogP contribution is -2.39. The molecule has 2 N–H and O–H groups in total. The van der Waals surface area contributed by atoms with Crippen molar-refractivity contribution in [2.75, 3.05) is 72.9 Å². The lowest BCUT2D eigenvalue weighted by Gasteiger charge is -2.28. The highest BCUT2D eigenvalue weighted by atomic mass is 35.5. The minimum atomic E-state index is -0.358. The number of rotatable bonds is 6. The number of hydrogen-bond donors (Lipinski definition) is 2. The zero-order valence-electron chi connectivity index (χ0n) is 23.3. The smallest absolute Gasteiger partial charge is 0.323 e. The van der Waals surface area contributed by atoms with Crippen molar-refractivity contribution in [1.82, 2.24) is 19.9 Å². The van der Waals surface area contributed by atoms with E-state index in [0.717, 1.165) is 25.1 Å². The number of carbonyl (C=O) groups excluding carboxylic acids is 2. The van der Waals surface area contributed by atoms with Gasteiger partial charge in [0.25, 0.3) is 0 Å². The molecule has 2 aliphatic heterocycles. The Labute approximate surface area is 244 Å². The van der Waals surface area contributed by atoms with Crippen LogP contribution in [0.4, 0.5) is 28.1 Å². The summed E-state index contributed by atoms with van der Waals surface area (Å²) in [5, 5.41) is 6.23. The Morgan fingerprint density at radius 3 is 1.98 bits per heavy atom. The van der Waals surface area contributed by atoms with Gasteiger partial charge in [0.05, 0.1) is 13.2 Å². The van der Waals surface area contributed by atoms with Crippen LogP contribution in [0, 0.1) is 5.92 Å². The van der Waals surface area contributed by atoms with Gasteiger partial charge in [0.2, 0.25) is 17.8 Å². The predicted molar refractivity (Wildman–Crippen MR) is 161 cm³/mol. The van der Waals surface area contributed by atoms with E-state index in [4.69, 9.17) is 31.3 Å². The van der Waals surface area contributed by atoms with Crippen LogP contribution in [0.15, 0.2) is 48.5 Å². The molecule has 12 heteroatoms. The van der Waals surface area contributed by atoms with Gasteiger partial charge in [0.1, 0.15) is 0 Å². The van der Waals surface area contributed by atoms with Crippen molar-refractivity contribution in [2.24, 2.45) is 5.92 Å². The zero-order chi connectivity index (χ0) is 28.8. The van der Waals surface area contributed by atoms with E-state index in [1.165, 1.54) is 0 Å². The second kappa shape index (κ2) is 13.1. The lowest BCUT2D eigenvalue weighted by atomic mass is 10.2. The maximum Gasteiger partial charge on any atom is 0.323 e. The van der Waals surface area contributed by atoms with E-state index in [1.54, 1.807) is 24.3 Å². The number of hydrogen-bond acceptors (Lipinski definition) is 8. The SMILES string of the molecule is CC(C)C(=O)N1CCCN(c2nc(-c3ccc(NC(=O)Nc4ccc(Cl)cc4)cc3)nc(N3CCOCC3)n2)CC1. The summed E-state index contributed by atoms with van der Waals surface area (Å²) in [6, 6.07) is 13.9. The molecule has 11 nitrogen and oxygen atoms in total. The van der Waals surface area contributed by atoms with Crippen LogP contribution in [0.2, 0.25) is 5.02 Å². The van der Waals surface area contributed by atoms with E-state index < -0.39 is 0 Å². The molecule has 2 aliphatic rings. The highest BCUT2D eigenvalue weighted by Crippen LogP contribution is 2.25. The maximum atomic E-state index is 12.6. The van der Waals surface area contributed by atoms with Crippen molar-refractivity contribution in [3.8, 4) is 11.4 Å². The number of nitrogens with zero attached hydrogens (tertiary/aromatic N) is 6. The van der Waals surface area contributed by atoms with Crippen LogP contribution in [0.5, 0.6) is 0 Å². The first kappa shape index (κ1) is 28.6. The quantitative estimate of drug-likeness (QED) is 0.443. The van der Waals surface area contributed by atoms with E-state index in [-0.39, 0.29) is 17.9 Å². The van der Waals surface area contributed by atoms with Gasteiger partial charge in [-0.3, -0.25) is 4.79 Å². The molecule has 41 heavy (non-hydrogen) atoms. The number of urea groups is 1. The van der Waals surface area contributed by atoms with E-state index in [2.05, 4.69) is 20.4 Å². The molecular formula is C29H35ClN8O3. The number of aromatic nitrogens is 3. The number of carbonyl (C=O) groups is 2. The topological polar surface area (TPSA) is 116 Å². The van der Waals surface area contributed by atoms with Gasteiger partial charge in [-0.05, 0) is 55.0 Å². The fraction of sp³-hybridized carbons (Fsp3) is 0.414. The van der Waals surface area contributed by atoms with Gasteiger partial charge >= 0.3 is 6.03 Å². The number of morpholine rings is 1. The lowest BCUT2D eigenvalue weighted by molar-refractivity contribution is -0.134. The molecule has 0 unspecified atom stereocenters.